The van der Waals surface area contributed by atoms with Gasteiger partial charge in [0.1, 0.15) is 6.10 Å². The van der Waals surface area contributed by atoms with Gasteiger partial charge in [0.15, 0.2) is 23.2 Å². The summed E-state index contributed by atoms with van der Waals surface area (Å²) >= 11 is 0. The minimum Gasteiger partial charge on any atom is -0.504 e. The van der Waals surface area contributed by atoms with Gasteiger partial charge in [0.05, 0.1) is 6.10 Å². The van der Waals surface area contributed by atoms with Crippen molar-refractivity contribution in [2.45, 2.75) is 64.4 Å². The highest BCUT2D eigenvalue weighted by Gasteiger charge is 2.52. The molecule has 10 nitrogen and oxygen atoms in total. The van der Waals surface area contributed by atoms with Crippen LogP contribution in [0.4, 0.5) is 0 Å². The van der Waals surface area contributed by atoms with Gasteiger partial charge in [-0.15, -0.1) is 0 Å². The Labute approximate surface area is 238 Å². The third-order valence-electron chi connectivity index (χ3n) is 6.08. The third kappa shape index (κ3) is 10.3. The molecule has 10 heteroatoms. The number of carboxylic acids is 1. The van der Waals surface area contributed by atoms with E-state index in [0.717, 1.165) is 11.6 Å². The maximum Gasteiger partial charge on any atom is 0.335 e. The van der Waals surface area contributed by atoms with Crippen molar-refractivity contribution in [1.29, 1.82) is 0 Å². The molecule has 0 unspecified atom stereocenters. The Kier molecular flexibility index (Phi) is 11.9. The number of benzene rings is 1. The summed E-state index contributed by atoms with van der Waals surface area (Å²) in [6.45, 7) is 7.34. The van der Waals surface area contributed by atoms with Gasteiger partial charge in [0.25, 0.3) is 0 Å². The van der Waals surface area contributed by atoms with Crippen molar-refractivity contribution in [3.63, 3.8) is 0 Å². The highest BCUT2D eigenvalue weighted by Crippen LogP contribution is 2.33. The number of esters is 2. The Morgan fingerprint density at radius 1 is 0.902 bits per heavy atom. The van der Waals surface area contributed by atoms with Crippen LogP contribution in [0.15, 0.2) is 83.5 Å². The largest absolute Gasteiger partial charge is 0.504 e. The van der Waals surface area contributed by atoms with Crippen LogP contribution in [0.3, 0.4) is 0 Å². The summed E-state index contributed by atoms with van der Waals surface area (Å²) in [7, 11) is 0. The minimum atomic E-state index is -2.42. The number of rotatable bonds is 10. The second kappa shape index (κ2) is 14.8. The van der Waals surface area contributed by atoms with Gasteiger partial charge in [0, 0.05) is 24.5 Å². The summed E-state index contributed by atoms with van der Waals surface area (Å²) < 4.78 is 10.7. The number of aromatic hydroxyl groups is 2. The summed E-state index contributed by atoms with van der Waals surface area (Å²) in [6.07, 6.45) is 8.90. The second-order valence-electron chi connectivity index (χ2n) is 9.99. The van der Waals surface area contributed by atoms with Crippen LogP contribution in [0.25, 0.3) is 6.08 Å². The van der Waals surface area contributed by atoms with Crippen LogP contribution < -0.4 is 0 Å². The van der Waals surface area contributed by atoms with E-state index in [1.807, 2.05) is 45.1 Å². The van der Waals surface area contributed by atoms with E-state index in [4.69, 9.17) is 9.47 Å². The maximum absolute atomic E-state index is 12.8. The Bertz CT molecular complexity index is 1310. The first-order chi connectivity index (χ1) is 19.2. The summed E-state index contributed by atoms with van der Waals surface area (Å²) in [5.41, 5.74) is 0.168. The molecule has 0 aliphatic heterocycles. The number of carbonyl (C=O) groups excluding carboxylic acids is 2. The standard InChI is InChI=1S/C31H36O10/c1-19(2)8-5-6-9-20(3)10-7-11-21(4)29(36)41-28-25(34)17-31(39,30(37)38)18-26(28)40-27(35)15-13-22-12-14-23(32)24(33)16-22/h5-16,25-26,28,32-34,39H,17-18H2,1-4H3,(H,37,38)/b6-5+,10-7+,15-13+,20-9+,21-11+/t25-,26-,28-,31+/m1/s1. The maximum atomic E-state index is 12.8. The number of carbonyl (C=O) groups is 3. The third-order valence-corrected chi connectivity index (χ3v) is 6.08. The molecule has 0 saturated heterocycles. The average molecular weight is 569 g/mol. The molecule has 5 N–H and O–H groups in total. The highest BCUT2D eigenvalue weighted by molar-refractivity contribution is 5.89. The molecular weight excluding hydrogens is 532 g/mol. The SMILES string of the molecule is CC(C)=C/C=C/C=C(C)/C=C/C=C(\C)C(=O)O[C@@H]1[C@H](O)C[C@@](O)(C(=O)O)C[C@H]1OC(=O)/C=C/c1ccc(O)c(O)c1. The van der Waals surface area contributed by atoms with Crippen LogP contribution in [0.1, 0.15) is 46.1 Å². The lowest BCUT2D eigenvalue weighted by Crippen LogP contribution is -2.58. The van der Waals surface area contributed by atoms with Crippen LogP contribution >= 0.6 is 0 Å². The van der Waals surface area contributed by atoms with Crippen LogP contribution in [0.5, 0.6) is 11.5 Å². The first-order valence-corrected chi connectivity index (χ1v) is 12.8. The number of phenols is 2. The quantitative estimate of drug-likeness (QED) is 0.121. The zero-order chi connectivity index (χ0) is 30.7. The molecule has 4 atom stereocenters. The lowest BCUT2D eigenvalue weighted by molar-refractivity contribution is -0.205. The average Bonchev–Trinajstić information content (AvgIpc) is 2.89. The topological polar surface area (TPSA) is 171 Å². The predicted octanol–water partition coefficient (Wildman–Crippen LogP) is 3.88. The first-order valence-electron chi connectivity index (χ1n) is 12.8. The summed E-state index contributed by atoms with van der Waals surface area (Å²) in [4.78, 5) is 36.9. The zero-order valence-corrected chi connectivity index (χ0v) is 23.4. The van der Waals surface area contributed by atoms with E-state index in [-0.39, 0.29) is 11.3 Å². The molecule has 0 amide bonds. The van der Waals surface area contributed by atoms with Gasteiger partial charge in [-0.2, -0.15) is 0 Å². The Morgan fingerprint density at radius 2 is 1.59 bits per heavy atom. The van der Waals surface area contributed by atoms with Crippen molar-refractivity contribution in [2.75, 3.05) is 0 Å². The van der Waals surface area contributed by atoms with Gasteiger partial charge in [-0.25, -0.2) is 14.4 Å². The molecule has 0 radical (unpaired) electrons. The van der Waals surface area contributed by atoms with Gasteiger partial charge >= 0.3 is 17.9 Å². The monoisotopic (exact) mass is 568 g/mol. The molecule has 1 aromatic rings. The van der Waals surface area contributed by atoms with Crippen molar-refractivity contribution in [3.05, 3.63) is 89.1 Å². The van der Waals surface area contributed by atoms with E-state index in [1.54, 1.807) is 12.2 Å². The Balaban J connectivity index is 2.16. The van der Waals surface area contributed by atoms with Gasteiger partial charge in [-0.3, -0.25) is 0 Å². The van der Waals surface area contributed by atoms with E-state index in [1.165, 1.54) is 42.8 Å². The van der Waals surface area contributed by atoms with Crippen molar-refractivity contribution in [2.24, 2.45) is 0 Å². The number of phenolic OH excluding ortho intramolecular Hbond substituents is 2. The Hall–Kier alpha value is -4.41. The fourth-order valence-electron chi connectivity index (χ4n) is 3.82. The highest BCUT2D eigenvalue weighted by atomic mass is 16.6. The number of aliphatic hydroxyl groups is 2. The summed E-state index contributed by atoms with van der Waals surface area (Å²) in [5, 5.41) is 49.6. The predicted molar refractivity (Wildman–Crippen MR) is 152 cm³/mol. The van der Waals surface area contributed by atoms with Gasteiger partial charge in [-0.05, 0) is 51.5 Å². The van der Waals surface area contributed by atoms with Crippen LogP contribution in [-0.4, -0.2) is 67.4 Å². The fraction of sp³-hybridized carbons (Fsp3) is 0.323. The Morgan fingerprint density at radius 3 is 2.22 bits per heavy atom. The fourth-order valence-corrected chi connectivity index (χ4v) is 3.82. The van der Waals surface area contributed by atoms with Crippen LogP contribution in [0.2, 0.25) is 0 Å². The van der Waals surface area contributed by atoms with Crippen molar-refractivity contribution >= 4 is 24.0 Å². The van der Waals surface area contributed by atoms with E-state index in [9.17, 15) is 39.9 Å². The van der Waals surface area contributed by atoms with Gasteiger partial charge in [0.2, 0.25) is 0 Å². The molecule has 1 saturated carbocycles. The lowest BCUT2D eigenvalue weighted by Gasteiger charge is -2.40. The van der Waals surface area contributed by atoms with Gasteiger partial charge in [-0.1, -0.05) is 59.7 Å². The number of allylic oxidation sites excluding steroid dienone is 9. The number of carboxylic acid groups (broad SMARTS) is 1. The summed E-state index contributed by atoms with van der Waals surface area (Å²) in [5.74, 6) is -4.20. The first kappa shape index (κ1) is 32.8. The zero-order valence-electron chi connectivity index (χ0n) is 23.4. The molecule has 0 spiro atoms. The molecule has 0 aromatic heterocycles. The number of hydrogen-bond acceptors (Lipinski definition) is 9. The van der Waals surface area contributed by atoms with E-state index >= 15 is 0 Å². The van der Waals surface area contributed by atoms with E-state index < -0.39 is 60.4 Å². The molecule has 0 bridgehead atoms. The summed E-state index contributed by atoms with van der Waals surface area (Å²) in [6, 6.07) is 3.82. The molecule has 0 heterocycles. The minimum absolute atomic E-state index is 0.164. The van der Waals surface area contributed by atoms with E-state index in [2.05, 4.69) is 0 Å². The molecule has 1 fully saturated rings. The second-order valence-corrected chi connectivity index (χ2v) is 9.99. The molecular formula is C31H36O10. The van der Waals surface area contributed by atoms with Crippen molar-refractivity contribution in [1.82, 2.24) is 0 Å². The number of aliphatic carboxylic acids is 1. The lowest BCUT2D eigenvalue weighted by atomic mass is 9.79. The number of hydrogen-bond donors (Lipinski definition) is 5. The van der Waals surface area contributed by atoms with Crippen LogP contribution in [-0.2, 0) is 23.9 Å². The normalized spacial score (nSPS) is 23.6. The molecule has 41 heavy (non-hydrogen) atoms. The number of aliphatic hydroxyl groups excluding tert-OH is 1. The van der Waals surface area contributed by atoms with Crippen LogP contribution in [0, 0.1) is 0 Å². The van der Waals surface area contributed by atoms with E-state index in [0.29, 0.717) is 5.56 Å². The molecule has 1 aliphatic carbocycles. The molecule has 1 aliphatic rings. The van der Waals surface area contributed by atoms with Gasteiger partial charge < -0.3 is 35.0 Å². The number of ether oxygens (including phenoxy) is 2. The molecule has 2 rings (SSSR count). The molecule has 220 valence electrons. The van der Waals surface area contributed by atoms with Crippen molar-refractivity contribution in [3.8, 4) is 11.5 Å². The molecule has 1 aromatic carbocycles. The smallest absolute Gasteiger partial charge is 0.335 e. The van der Waals surface area contributed by atoms with Crippen molar-refractivity contribution < 1.29 is 49.4 Å².